The molecule has 0 fully saturated rings. The van der Waals surface area contributed by atoms with E-state index in [9.17, 15) is 9.59 Å². The highest BCUT2D eigenvalue weighted by Gasteiger charge is 2.16. The number of likely N-dealkylation sites (N-methyl/N-ethyl adjacent to an activating group) is 2. The van der Waals surface area contributed by atoms with Gasteiger partial charge in [-0.25, -0.2) is 4.79 Å². The molecule has 0 saturated heterocycles. The number of aromatic nitrogens is 1. The first-order valence-electron chi connectivity index (χ1n) is 8.62. The molecule has 148 valence electrons. The average Bonchev–Trinajstić information content (AvgIpc) is 2.97. The van der Waals surface area contributed by atoms with Crippen LogP contribution in [0.5, 0.6) is 5.75 Å². The standard InChI is InChI=1S/C19H27N3O5/c1-20(2)9-8-14-11-22(17-10-15(25-5)6-7-16(14)17)19(24)27-13-26-18(23)12-21(3)4/h6-7,10-11H,8-9,12-13H2,1-5H3. The summed E-state index contributed by atoms with van der Waals surface area (Å²) in [5, 5.41) is 0.958. The zero-order chi connectivity index (χ0) is 20.0. The third-order valence-corrected chi connectivity index (χ3v) is 3.97. The van der Waals surface area contributed by atoms with Crippen molar-refractivity contribution in [2.45, 2.75) is 6.42 Å². The Balaban J connectivity index is 2.17. The van der Waals surface area contributed by atoms with Crippen molar-refractivity contribution in [3.8, 4) is 5.75 Å². The molecule has 0 spiro atoms. The molecule has 0 aliphatic heterocycles. The molecule has 0 N–H and O–H groups in total. The number of nitrogens with zero attached hydrogens (tertiary/aromatic N) is 3. The molecule has 0 bridgehead atoms. The normalized spacial score (nSPS) is 11.2. The molecule has 1 heterocycles. The van der Waals surface area contributed by atoms with E-state index in [2.05, 4.69) is 4.90 Å². The van der Waals surface area contributed by atoms with Gasteiger partial charge < -0.3 is 19.1 Å². The number of ether oxygens (including phenoxy) is 3. The molecule has 1 aromatic carbocycles. The second-order valence-corrected chi connectivity index (χ2v) is 6.74. The first-order chi connectivity index (χ1) is 12.8. The van der Waals surface area contributed by atoms with Crippen LogP contribution in [0.1, 0.15) is 5.56 Å². The van der Waals surface area contributed by atoms with Crippen molar-refractivity contribution in [2.24, 2.45) is 0 Å². The van der Waals surface area contributed by atoms with Crippen LogP contribution in [0.4, 0.5) is 4.79 Å². The first-order valence-corrected chi connectivity index (χ1v) is 8.62. The van der Waals surface area contributed by atoms with E-state index in [1.165, 1.54) is 4.57 Å². The number of esters is 1. The lowest BCUT2D eigenvalue weighted by Gasteiger charge is -2.10. The molecule has 1 aromatic heterocycles. The summed E-state index contributed by atoms with van der Waals surface area (Å²) in [6.45, 7) is 0.542. The number of benzene rings is 1. The van der Waals surface area contributed by atoms with Crippen LogP contribution < -0.4 is 4.74 Å². The average molecular weight is 377 g/mol. The fourth-order valence-electron chi connectivity index (χ4n) is 2.62. The van der Waals surface area contributed by atoms with E-state index in [1.807, 2.05) is 26.2 Å². The van der Waals surface area contributed by atoms with Gasteiger partial charge in [0.25, 0.3) is 0 Å². The van der Waals surface area contributed by atoms with E-state index in [0.29, 0.717) is 11.3 Å². The van der Waals surface area contributed by atoms with Gasteiger partial charge in [-0.1, -0.05) is 0 Å². The van der Waals surface area contributed by atoms with Crippen molar-refractivity contribution >= 4 is 23.0 Å². The van der Waals surface area contributed by atoms with Crippen molar-refractivity contribution in [3.05, 3.63) is 30.0 Å². The van der Waals surface area contributed by atoms with Gasteiger partial charge in [0, 0.05) is 24.2 Å². The molecular formula is C19H27N3O5. The van der Waals surface area contributed by atoms with Crippen LogP contribution in [0.3, 0.4) is 0 Å². The molecular weight excluding hydrogens is 350 g/mol. The first kappa shape index (κ1) is 20.7. The summed E-state index contributed by atoms with van der Waals surface area (Å²) < 4.78 is 16.7. The summed E-state index contributed by atoms with van der Waals surface area (Å²) in [5.41, 5.74) is 1.72. The molecule has 2 aromatic rings. The van der Waals surface area contributed by atoms with Gasteiger partial charge in [-0.15, -0.1) is 0 Å². The van der Waals surface area contributed by atoms with Crippen LogP contribution in [0.15, 0.2) is 24.4 Å². The van der Waals surface area contributed by atoms with Gasteiger partial charge in [0.05, 0.1) is 19.2 Å². The molecule has 8 nitrogen and oxygen atoms in total. The van der Waals surface area contributed by atoms with E-state index in [0.717, 1.165) is 23.9 Å². The second kappa shape index (κ2) is 9.38. The lowest BCUT2D eigenvalue weighted by molar-refractivity contribution is -0.152. The highest BCUT2D eigenvalue weighted by Crippen LogP contribution is 2.26. The topological polar surface area (TPSA) is 73.2 Å². The van der Waals surface area contributed by atoms with Crippen LogP contribution in [0.2, 0.25) is 0 Å². The van der Waals surface area contributed by atoms with Gasteiger partial charge in [0.2, 0.25) is 6.79 Å². The number of methoxy groups -OCH3 is 1. The van der Waals surface area contributed by atoms with Crippen molar-refractivity contribution in [2.75, 3.05) is 55.2 Å². The Bertz CT molecular complexity index is 798. The fourth-order valence-corrected chi connectivity index (χ4v) is 2.62. The largest absolute Gasteiger partial charge is 0.497 e. The summed E-state index contributed by atoms with van der Waals surface area (Å²) in [6, 6.07) is 5.58. The molecule has 0 aliphatic carbocycles. The van der Waals surface area contributed by atoms with E-state index in [1.54, 1.807) is 38.4 Å². The number of rotatable bonds is 8. The Morgan fingerprint density at radius 3 is 2.44 bits per heavy atom. The maximum atomic E-state index is 12.5. The van der Waals surface area contributed by atoms with E-state index in [4.69, 9.17) is 14.2 Å². The lowest BCUT2D eigenvalue weighted by Crippen LogP contribution is -2.25. The molecule has 0 amide bonds. The Kier molecular flexibility index (Phi) is 7.20. The highest BCUT2D eigenvalue weighted by atomic mass is 16.7. The highest BCUT2D eigenvalue weighted by molar-refractivity contribution is 5.92. The van der Waals surface area contributed by atoms with Gasteiger partial charge in [-0.2, -0.15) is 0 Å². The van der Waals surface area contributed by atoms with E-state index < -0.39 is 18.9 Å². The predicted molar refractivity (Wildman–Crippen MR) is 102 cm³/mol. The summed E-state index contributed by atoms with van der Waals surface area (Å²) >= 11 is 0. The molecule has 2 rings (SSSR count). The van der Waals surface area contributed by atoms with Crippen LogP contribution in [0.25, 0.3) is 10.9 Å². The second-order valence-electron chi connectivity index (χ2n) is 6.74. The molecule has 0 unspecified atom stereocenters. The van der Waals surface area contributed by atoms with Gasteiger partial charge in [-0.3, -0.25) is 14.3 Å². The Morgan fingerprint density at radius 1 is 1.07 bits per heavy atom. The van der Waals surface area contributed by atoms with Crippen molar-refractivity contribution in [3.63, 3.8) is 0 Å². The molecule has 0 aliphatic rings. The van der Waals surface area contributed by atoms with Gasteiger partial charge in [0.15, 0.2) is 0 Å². The van der Waals surface area contributed by atoms with Gasteiger partial charge >= 0.3 is 12.1 Å². The quantitative estimate of drug-likeness (QED) is 0.513. The third kappa shape index (κ3) is 5.70. The summed E-state index contributed by atoms with van der Waals surface area (Å²) in [4.78, 5) is 27.8. The van der Waals surface area contributed by atoms with Crippen LogP contribution >= 0.6 is 0 Å². The minimum Gasteiger partial charge on any atom is -0.497 e. The van der Waals surface area contributed by atoms with Gasteiger partial charge in [0.1, 0.15) is 5.75 Å². The van der Waals surface area contributed by atoms with Crippen molar-refractivity contribution < 1.29 is 23.8 Å². The number of hydrogen-bond donors (Lipinski definition) is 0. The molecule has 0 saturated carbocycles. The molecule has 8 heteroatoms. The Hall–Kier alpha value is -2.58. The number of fused-ring (bicyclic) bond motifs is 1. The monoisotopic (exact) mass is 377 g/mol. The number of carbonyl (C=O) groups is 2. The maximum Gasteiger partial charge on any atom is 0.421 e. The number of hydrogen-bond acceptors (Lipinski definition) is 7. The third-order valence-electron chi connectivity index (χ3n) is 3.97. The van der Waals surface area contributed by atoms with Crippen molar-refractivity contribution in [1.82, 2.24) is 14.4 Å². The van der Waals surface area contributed by atoms with E-state index >= 15 is 0 Å². The zero-order valence-corrected chi connectivity index (χ0v) is 16.5. The fraction of sp³-hybridized carbons (Fsp3) is 0.474. The summed E-state index contributed by atoms with van der Waals surface area (Å²) in [5.74, 6) is 0.185. The maximum absolute atomic E-state index is 12.5. The van der Waals surface area contributed by atoms with Crippen LogP contribution in [-0.2, 0) is 20.7 Å². The minimum atomic E-state index is -0.609. The summed E-state index contributed by atoms with van der Waals surface area (Å²) in [6.07, 6.45) is 1.94. The minimum absolute atomic E-state index is 0.121. The molecule has 0 atom stereocenters. The van der Waals surface area contributed by atoms with Crippen molar-refractivity contribution in [1.29, 1.82) is 0 Å². The van der Waals surface area contributed by atoms with E-state index in [-0.39, 0.29) is 6.54 Å². The van der Waals surface area contributed by atoms with Crippen LogP contribution in [-0.4, -0.2) is 81.6 Å². The zero-order valence-electron chi connectivity index (χ0n) is 16.5. The van der Waals surface area contributed by atoms with Gasteiger partial charge in [-0.05, 0) is 52.3 Å². The Morgan fingerprint density at radius 2 is 1.81 bits per heavy atom. The summed E-state index contributed by atoms with van der Waals surface area (Å²) in [7, 11) is 9.07. The molecule has 0 radical (unpaired) electrons. The molecule has 27 heavy (non-hydrogen) atoms. The SMILES string of the molecule is COc1ccc2c(CCN(C)C)cn(C(=O)OCOC(=O)CN(C)C)c2c1. The predicted octanol–water partition coefficient (Wildman–Crippen LogP) is 1.80. The lowest BCUT2D eigenvalue weighted by atomic mass is 10.1. The number of carbonyl (C=O) groups excluding carboxylic acids is 2. The van der Waals surface area contributed by atoms with Crippen LogP contribution in [0, 0.1) is 0 Å². The smallest absolute Gasteiger partial charge is 0.421 e. The Labute approximate surface area is 159 Å².